The minimum atomic E-state index is -1.48. The van der Waals surface area contributed by atoms with Crippen molar-refractivity contribution >= 4 is 45.8 Å². The van der Waals surface area contributed by atoms with E-state index in [0.717, 1.165) is 11.0 Å². The molecule has 0 fully saturated rings. The van der Waals surface area contributed by atoms with Gasteiger partial charge in [-0.3, -0.25) is 0 Å². The zero-order valence-corrected chi connectivity index (χ0v) is 9.61. The average molecular weight is 250 g/mol. The molecule has 0 saturated carbocycles. The first-order valence-corrected chi connectivity index (χ1v) is 5.12. The molecule has 0 saturated heterocycles. The third-order valence-electron chi connectivity index (χ3n) is 2.04. The maximum Gasteiger partial charge on any atom is 0.248 e. The van der Waals surface area contributed by atoms with Crippen molar-refractivity contribution in [3.8, 4) is 0 Å². The molecule has 2 rings (SSSR count). The highest BCUT2D eigenvalue weighted by molar-refractivity contribution is 6.66. The molecule has 74 valence electrons. The fraction of sp³-hybridized carbons (Fsp3) is 0.222. The Hall–Kier alpha value is -0.440. The lowest BCUT2D eigenvalue weighted by atomic mass is 10.3. The number of aromatic nitrogens is 2. The van der Waals surface area contributed by atoms with E-state index in [1.54, 1.807) is 4.57 Å². The third kappa shape index (κ3) is 1.58. The Morgan fingerprint density at radius 2 is 1.86 bits per heavy atom. The second kappa shape index (κ2) is 3.30. The van der Waals surface area contributed by atoms with Crippen LogP contribution in [0, 0.1) is 0 Å². The van der Waals surface area contributed by atoms with E-state index in [2.05, 4.69) is 4.98 Å². The molecule has 1 heterocycles. The Morgan fingerprint density at radius 1 is 1.21 bits per heavy atom. The fourth-order valence-corrected chi connectivity index (χ4v) is 1.91. The molecule has 0 unspecified atom stereocenters. The number of fused-ring (bicyclic) bond motifs is 1. The van der Waals surface area contributed by atoms with Crippen LogP contribution >= 0.6 is 34.8 Å². The van der Waals surface area contributed by atoms with Crippen molar-refractivity contribution in [1.29, 1.82) is 0 Å². The fourth-order valence-electron chi connectivity index (χ4n) is 1.40. The molecule has 0 aliphatic heterocycles. The molecular weight excluding hydrogens is 242 g/mol. The second-order valence-electron chi connectivity index (χ2n) is 2.98. The average Bonchev–Trinajstić information content (AvgIpc) is 2.44. The third-order valence-corrected chi connectivity index (χ3v) is 2.55. The highest BCUT2D eigenvalue weighted by atomic mass is 35.6. The molecule has 0 bridgehead atoms. The molecule has 2 nitrogen and oxygen atoms in total. The molecule has 0 aliphatic rings. The van der Waals surface area contributed by atoms with E-state index < -0.39 is 3.79 Å². The van der Waals surface area contributed by atoms with Gasteiger partial charge < -0.3 is 4.57 Å². The van der Waals surface area contributed by atoms with Gasteiger partial charge in [-0.05, 0) is 12.1 Å². The SMILES string of the molecule is Cn1c(C(Cl)(Cl)Cl)nc2ccccc21. The summed E-state index contributed by atoms with van der Waals surface area (Å²) in [5.74, 6) is 0.434. The van der Waals surface area contributed by atoms with Crippen molar-refractivity contribution in [1.82, 2.24) is 9.55 Å². The minimum absolute atomic E-state index is 0.434. The predicted octanol–water partition coefficient (Wildman–Crippen LogP) is 3.40. The smallest absolute Gasteiger partial charge is 0.248 e. The van der Waals surface area contributed by atoms with Crippen LogP contribution in [0.1, 0.15) is 5.82 Å². The van der Waals surface area contributed by atoms with Gasteiger partial charge in [0.15, 0.2) is 5.82 Å². The van der Waals surface area contributed by atoms with Gasteiger partial charge in [0.2, 0.25) is 3.79 Å². The summed E-state index contributed by atoms with van der Waals surface area (Å²) in [6.45, 7) is 0. The van der Waals surface area contributed by atoms with E-state index >= 15 is 0 Å². The summed E-state index contributed by atoms with van der Waals surface area (Å²) in [5.41, 5.74) is 1.78. The van der Waals surface area contributed by atoms with Crippen LogP contribution in [0.2, 0.25) is 0 Å². The number of nitrogens with zero attached hydrogens (tertiary/aromatic N) is 2. The maximum atomic E-state index is 5.78. The van der Waals surface area contributed by atoms with Gasteiger partial charge in [-0.25, -0.2) is 4.98 Å². The summed E-state index contributed by atoms with van der Waals surface area (Å²) >= 11 is 17.3. The standard InChI is InChI=1S/C9H7Cl3N2/c1-14-7-5-3-2-4-6(7)13-8(14)9(10,11)12/h2-5H,1H3. The first kappa shape index (κ1) is 10.1. The molecule has 5 heteroatoms. The summed E-state index contributed by atoms with van der Waals surface area (Å²) in [4.78, 5) is 4.25. The van der Waals surface area contributed by atoms with Crippen LogP contribution in [0.4, 0.5) is 0 Å². The molecule has 0 spiro atoms. The number of alkyl halides is 3. The Morgan fingerprint density at radius 3 is 2.43 bits per heavy atom. The molecule has 0 atom stereocenters. The molecule has 0 radical (unpaired) electrons. The topological polar surface area (TPSA) is 17.8 Å². The second-order valence-corrected chi connectivity index (χ2v) is 5.26. The van der Waals surface area contributed by atoms with Crippen LogP contribution < -0.4 is 0 Å². The van der Waals surface area contributed by atoms with Crippen LogP contribution in [0.3, 0.4) is 0 Å². The van der Waals surface area contributed by atoms with Gasteiger partial charge in [-0.1, -0.05) is 46.9 Å². The number of para-hydroxylation sites is 2. The first-order chi connectivity index (χ1) is 6.50. The first-order valence-electron chi connectivity index (χ1n) is 3.99. The maximum absolute atomic E-state index is 5.78. The molecule has 1 aromatic heterocycles. The van der Waals surface area contributed by atoms with Crippen molar-refractivity contribution < 1.29 is 0 Å². The van der Waals surface area contributed by atoms with E-state index in [1.165, 1.54) is 0 Å². The van der Waals surface area contributed by atoms with Crippen molar-refractivity contribution in [2.45, 2.75) is 3.79 Å². The van der Waals surface area contributed by atoms with Gasteiger partial charge in [-0.2, -0.15) is 0 Å². The number of benzene rings is 1. The highest BCUT2D eigenvalue weighted by Gasteiger charge is 2.28. The molecule has 1 aromatic carbocycles. The number of hydrogen-bond acceptors (Lipinski definition) is 1. The number of imidazole rings is 1. The summed E-state index contributed by atoms with van der Waals surface area (Å²) in [6.07, 6.45) is 0. The normalized spacial score (nSPS) is 12.3. The highest BCUT2D eigenvalue weighted by Crippen LogP contribution is 2.38. The van der Waals surface area contributed by atoms with Crippen molar-refractivity contribution in [3.05, 3.63) is 30.1 Å². The van der Waals surface area contributed by atoms with E-state index in [0.29, 0.717) is 5.82 Å². The predicted molar refractivity (Wildman–Crippen MR) is 60.0 cm³/mol. The number of aryl methyl sites for hydroxylation is 1. The molecule has 2 aromatic rings. The van der Waals surface area contributed by atoms with Crippen molar-refractivity contribution in [2.75, 3.05) is 0 Å². The van der Waals surface area contributed by atoms with Crippen molar-refractivity contribution in [2.24, 2.45) is 7.05 Å². The molecule has 14 heavy (non-hydrogen) atoms. The van der Waals surface area contributed by atoms with E-state index in [4.69, 9.17) is 34.8 Å². The molecule has 0 amide bonds. The van der Waals surface area contributed by atoms with Crippen LogP contribution in [-0.4, -0.2) is 9.55 Å². The van der Waals surface area contributed by atoms with Gasteiger partial charge in [0.25, 0.3) is 0 Å². The zero-order valence-electron chi connectivity index (χ0n) is 7.34. The van der Waals surface area contributed by atoms with Gasteiger partial charge in [0, 0.05) is 7.05 Å². The Kier molecular flexibility index (Phi) is 2.38. The molecular formula is C9H7Cl3N2. The van der Waals surface area contributed by atoms with Crippen LogP contribution in [0.5, 0.6) is 0 Å². The molecule has 0 N–H and O–H groups in total. The van der Waals surface area contributed by atoms with Gasteiger partial charge >= 0.3 is 0 Å². The van der Waals surface area contributed by atoms with E-state index in [1.807, 2.05) is 31.3 Å². The summed E-state index contributed by atoms with van der Waals surface area (Å²) in [7, 11) is 1.83. The quantitative estimate of drug-likeness (QED) is 0.654. The van der Waals surface area contributed by atoms with Gasteiger partial charge in [-0.15, -0.1) is 0 Å². The summed E-state index contributed by atoms with van der Waals surface area (Å²) < 4.78 is 0.302. The lowest BCUT2D eigenvalue weighted by Gasteiger charge is -2.09. The zero-order chi connectivity index (χ0) is 10.3. The molecule has 0 aliphatic carbocycles. The monoisotopic (exact) mass is 248 g/mol. The van der Waals surface area contributed by atoms with Crippen LogP contribution in [0.15, 0.2) is 24.3 Å². The largest absolute Gasteiger partial charge is 0.327 e. The summed E-state index contributed by atoms with van der Waals surface area (Å²) in [5, 5.41) is 0. The van der Waals surface area contributed by atoms with Gasteiger partial charge in [0.1, 0.15) is 0 Å². The Labute approximate surface area is 96.4 Å². The lowest BCUT2D eigenvalue weighted by molar-refractivity contribution is 0.841. The summed E-state index contributed by atoms with van der Waals surface area (Å²) in [6, 6.07) is 7.64. The van der Waals surface area contributed by atoms with E-state index in [9.17, 15) is 0 Å². The van der Waals surface area contributed by atoms with E-state index in [-0.39, 0.29) is 0 Å². The Balaban J connectivity index is 2.75. The van der Waals surface area contributed by atoms with Crippen molar-refractivity contribution in [3.63, 3.8) is 0 Å². The van der Waals surface area contributed by atoms with Gasteiger partial charge in [0.05, 0.1) is 11.0 Å². The number of halogens is 3. The number of rotatable bonds is 0. The van der Waals surface area contributed by atoms with Crippen LogP contribution in [-0.2, 0) is 10.8 Å². The lowest BCUT2D eigenvalue weighted by Crippen LogP contribution is -2.08. The minimum Gasteiger partial charge on any atom is -0.327 e. The number of hydrogen-bond donors (Lipinski definition) is 0. The van der Waals surface area contributed by atoms with Crippen LogP contribution in [0.25, 0.3) is 11.0 Å². The Bertz CT molecular complexity index is 470.